The predicted molar refractivity (Wildman–Crippen MR) is 198 cm³/mol. The number of nitrogens with zero attached hydrogens (tertiary/aromatic N) is 4. The number of imide groups is 1. The molecule has 4 rings (SSSR count). The largest absolute Gasteiger partial charge is 0.480 e. The number of esters is 1. The van der Waals surface area contributed by atoms with Gasteiger partial charge in [-0.15, -0.1) is 10.2 Å². The van der Waals surface area contributed by atoms with Gasteiger partial charge in [0.2, 0.25) is 5.16 Å². The van der Waals surface area contributed by atoms with Crippen molar-refractivity contribution in [3.63, 3.8) is 0 Å². The zero-order valence-electron chi connectivity index (χ0n) is 29.1. The molecule has 0 saturated carbocycles. The minimum Gasteiger partial charge on any atom is -0.480 e. The van der Waals surface area contributed by atoms with Gasteiger partial charge in [0.15, 0.2) is 7.37 Å². The average Bonchev–Trinajstić information content (AvgIpc) is 3.31. The molecule has 19 heteroatoms. The number of carbonyl (C=O) groups is 4. The van der Waals surface area contributed by atoms with Gasteiger partial charge in [-0.05, 0) is 75.1 Å². The van der Waals surface area contributed by atoms with Crippen LogP contribution in [0.2, 0.25) is 5.02 Å². The summed E-state index contributed by atoms with van der Waals surface area (Å²) in [7, 11) is -3.10. The summed E-state index contributed by atoms with van der Waals surface area (Å²) in [6, 6.07) is 3.70. The van der Waals surface area contributed by atoms with E-state index in [1.165, 1.54) is 29.4 Å². The number of carbonyl (C=O) groups excluding carboxylic acids is 3. The molecule has 1 aliphatic heterocycles. The molecule has 1 aromatic carbocycles. The number of rotatable bonds is 9. The van der Waals surface area contributed by atoms with Gasteiger partial charge in [-0.2, -0.15) is 4.68 Å². The fraction of sp³-hybridized carbons (Fsp3) is 0.469. The van der Waals surface area contributed by atoms with E-state index in [-0.39, 0.29) is 47.0 Å². The normalized spacial score (nSPS) is 16.3. The van der Waals surface area contributed by atoms with Gasteiger partial charge in [-0.1, -0.05) is 55.7 Å². The fourth-order valence-electron chi connectivity index (χ4n) is 4.65. The van der Waals surface area contributed by atoms with Crippen LogP contribution in [0.1, 0.15) is 71.1 Å². The molecule has 2 atom stereocenters. The first-order valence-corrected chi connectivity index (χ1v) is 19.9. The molecule has 2 unspecified atom stereocenters. The SMILES string of the molecule is CCOC(=O)/C(Cl)=C/c1cc(N2C(=O)C3=C(CCCC3)C2=O)ccc1Cl.CP(=O)(O)CCC(N)C(=O)O.CSc1nnc(C(C)(C)C)c(=O)n1N. The summed E-state index contributed by atoms with van der Waals surface area (Å²) in [5, 5.41) is 16.7. The molecule has 2 amide bonds. The molecular weight excluding hydrogens is 746 g/mol. The van der Waals surface area contributed by atoms with Gasteiger partial charge < -0.3 is 26.3 Å². The molecule has 2 aromatic rings. The van der Waals surface area contributed by atoms with Crippen LogP contribution in [0.25, 0.3) is 6.08 Å². The Hall–Kier alpha value is -3.53. The van der Waals surface area contributed by atoms with Crippen LogP contribution in [0, 0.1) is 0 Å². The van der Waals surface area contributed by atoms with Crippen LogP contribution in [0.5, 0.6) is 0 Å². The second kappa shape index (κ2) is 18.8. The Morgan fingerprint density at radius 2 is 1.71 bits per heavy atom. The average molecular weight is 790 g/mol. The third-order valence-corrected chi connectivity index (χ3v) is 9.65. The lowest BCUT2D eigenvalue weighted by atomic mass is 9.93. The van der Waals surface area contributed by atoms with E-state index < -0.39 is 25.3 Å². The Kier molecular flexibility index (Phi) is 16.1. The molecule has 1 aliphatic carbocycles. The van der Waals surface area contributed by atoms with Gasteiger partial charge in [0, 0.05) is 34.4 Å². The van der Waals surface area contributed by atoms with Crippen LogP contribution in [-0.4, -0.2) is 80.4 Å². The number of hydrogen-bond donors (Lipinski definition) is 4. The molecule has 280 valence electrons. The number of thioether (sulfide) groups is 1. The van der Waals surface area contributed by atoms with E-state index in [1.807, 2.05) is 20.8 Å². The maximum absolute atomic E-state index is 12.7. The van der Waals surface area contributed by atoms with E-state index >= 15 is 0 Å². The number of anilines is 1. The maximum Gasteiger partial charge on any atom is 0.349 e. The number of carboxylic acids is 1. The van der Waals surface area contributed by atoms with Crippen molar-refractivity contribution in [1.82, 2.24) is 14.9 Å². The van der Waals surface area contributed by atoms with E-state index in [9.17, 15) is 28.5 Å². The summed E-state index contributed by atoms with van der Waals surface area (Å²) in [4.78, 5) is 68.8. The van der Waals surface area contributed by atoms with Crippen LogP contribution in [-0.2, 0) is 33.9 Å². The molecule has 0 bridgehead atoms. The standard InChI is InChI=1S/C19H17Cl2NO4.C8H14N4OS.C5H12NO4P/c1-2-26-19(25)16(21)10-11-9-12(7-8-15(11)20)22-17(23)13-5-3-4-6-14(13)18(22)24;1-8(2,3)5-6(13)12(9)7(14-4)11-10-5;1-11(9,10)3-2-4(6)5(7)8/h7-10H,2-6H2,1H3;9H2,1-4H3;4H,2-3,6H2,1H3,(H,7,8)(H,9,10)/b16-10-;;. The summed E-state index contributed by atoms with van der Waals surface area (Å²) in [6.45, 7) is 8.76. The molecule has 2 heterocycles. The van der Waals surface area contributed by atoms with E-state index in [0.29, 0.717) is 51.1 Å². The van der Waals surface area contributed by atoms with Crippen molar-refractivity contribution in [3.05, 3.63) is 61.0 Å². The Morgan fingerprint density at radius 3 is 2.18 bits per heavy atom. The second-order valence-corrected chi connectivity index (χ2v) is 16.6. The van der Waals surface area contributed by atoms with E-state index in [2.05, 4.69) is 10.2 Å². The number of hydrogen-bond acceptors (Lipinski definition) is 12. The van der Waals surface area contributed by atoms with Gasteiger partial charge in [-0.25, -0.2) is 9.69 Å². The third-order valence-electron chi connectivity index (χ3n) is 7.31. The van der Waals surface area contributed by atoms with E-state index in [0.717, 1.165) is 17.5 Å². The number of nitrogens with two attached hydrogens (primary N) is 2. The van der Waals surface area contributed by atoms with Crippen molar-refractivity contribution in [2.24, 2.45) is 5.73 Å². The summed E-state index contributed by atoms with van der Waals surface area (Å²) >= 11 is 13.4. The first-order chi connectivity index (χ1) is 23.6. The lowest BCUT2D eigenvalue weighted by Gasteiger charge is -2.16. The molecule has 51 heavy (non-hydrogen) atoms. The highest BCUT2D eigenvalue weighted by Crippen LogP contribution is 2.37. The van der Waals surface area contributed by atoms with Gasteiger partial charge in [-0.3, -0.25) is 23.7 Å². The van der Waals surface area contributed by atoms with Crippen molar-refractivity contribution in [3.8, 4) is 0 Å². The lowest BCUT2D eigenvalue weighted by Crippen LogP contribution is -2.37. The van der Waals surface area contributed by atoms with Crippen molar-refractivity contribution in [1.29, 1.82) is 0 Å². The molecule has 1 aromatic heterocycles. The molecule has 0 spiro atoms. The smallest absolute Gasteiger partial charge is 0.349 e. The number of nitrogen functional groups attached to an aromatic ring is 1. The molecule has 6 N–H and O–H groups in total. The molecular formula is C32H43Cl2N6O9PS. The lowest BCUT2D eigenvalue weighted by molar-refractivity contribution is -0.139. The summed E-state index contributed by atoms with van der Waals surface area (Å²) in [5.41, 5.74) is 6.91. The molecule has 2 aliphatic rings. The quantitative estimate of drug-likeness (QED) is 0.0693. The van der Waals surface area contributed by atoms with Crippen molar-refractivity contribution in [2.75, 3.05) is 36.4 Å². The topological polar surface area (TPSA) is 238 Å². The summed E-state index contributed by atoms with van der Waals surface area (Å²) < 4.78 is 16.5. The Morgan fingerprint density at radius 1 is 1.14 bits per heavy atom. The number of benzene rings is 1. The fourth-order valence-corrected chi connectivity index (χ4v) is 6.15. The highest BCUT2D eigenvalue weighted by atomic mass is 35.5. The van der Waals surface area contributed by atoms with E-state index in [4.69, 9.17) is 49.5 Å². The molecule has 0 fully saturated rings. The van der Waals surface area contributed by atoms with Gasteiger partial charge in [0.1, 0.15) is 16.8 Å². The zero-order chi connectivity index (χ0) is 38.8. The minimum atomic E-state index is -3.10. The summed E-state index contributed by atoms with van der Waals surface area (Å²) in [5.74, 6) is 3.21. The Labute approximate surface area is 309 Å². The van der Waals surface area contributed by atoms with Gasteiger partial charge >= 0.3 is 11.9 Å². The number of ether oxygens (including phenoxy) is 1. The van der Waals surface area contributed by atoms with Crippen molar-refractivity contribution >= 4 is 77.8 Å². The first-order valence-electron chi connectivity index (χ1n) is 15.7. The molecule has 0 saturated heterocycles. The number of halogens is 2. The predicted octanol–water partition coefficient (Wildman–Crippen LogP) is 4.29. The first kappa shape index (κ1) is 43.6. The van der Waals surface area contributed by atoms with Crippen molar-refractivity contribution < 1.29 is 38.5 Å². The zero-order valence-corrected chi connectivity index (χ0v) is 32.4. The number of aromatic nitrogens is 3. The summed E-state index contributed by atoms with van der Waals surface area (Å²) in [6.07, 6.45) is 6.25. The van der Waals surface area contributed by atoms with E-state index in [1.54, 1.807) is 31.4 Å². The van der Waals surface area contributed by atoms with Crippen LogP contribution >= 0.6 is 42.3 Å². The van der Waals surface area contributed by atoms with Gasteiger partial charge in [0.25, 0.3) is 17.4 Å². The van der Waals surface area contributed by atoms with Gasteiger partial charge in [0.05, 0.1) is 12.3 Å². The van der Waals surface area contributed by atoms with Crippen LogP contribution < -0.4 is 22.0 Å². The minimum absolute atomic E-state index is 0.0412. The van der Waals surface area contributed by atoms with Crippen LogP contribution in [0.15, 0.2) is 44.3 Å². The second-order valence-electron chi connectivity index (χ2n) is 12.5. The monoisotopic (exact) mass is 788 g/mol. The Balaban J connectivity index is 0.000000303. The number of carboxylic acid groups (broad SMARTS) is 1. The number of amides is 2. The Bertz CT molecular complexity index is 1790. The number of aliphatic carboxylic acids is 1. The maximum atomic E-state index is 12.7. The molecule has 15 nitrogen and oxygen atoms in total. The van der Waals surface area contributed by atoms with Crippen molar-refractivity contribution in [2.45, 2.75) is 76.4 Å². The van der Waals surface area contributed by atoms with Crippen LogP contribution in [0.3, 0.4) is 0 Å². The third kappa shape index (κ3) is 12.3. The van der Waals surface area contributed by atoms with Crippen LogP contribution in [0.4, 0.5) is 5.69 Å². The highest BCUT2D eigenvalue weighted by Gasteiger charge is 2.39. The highest BCUT2D eigenvalue weighted by molar-refractivity contribution is 7.98. The molecule has 0 radical (unpaired) electrons.